The zero-order chi connectivity index (χ0) is 11.0. The number of aromatic nitrogens is 2. The van der Waals surface area contributed by atoms with E-state index in [9.17, 15) is 4.79 Å². The Morgan fingerprint density at radius 3 is 2.88 bits per heavy atom. The van der Waals surface area contributed by atoms with Gasteiger partial charge in [-0.3, -0.25) is 4.79 Å². The zero-order valence-corrected chi connectivity index (χ0v) is 9.10. The van der Waals surface area contributed by atoms with Crippen LogP contribution in [0.2, 0.25) is 0 Å². The number of hydrogen-bond acceptors (Lipinski definition) is 2. The molecule has 3 nitrogen and oxygen atoms in total. The number of carbonyl (C=O) groups is 1. The Morgan fingerprint density at radius 1 is 1.31 bits per heavy atom. The third kappa shape index (κ3) is 1.43. The molecule has 0 spiro atoms. The van der Waals surface area contributed by atoms with Crippen LogP contribution in [0.3, 0.4) is 0 Å². The predicted molar refractivity (Wildman–Crippen MR) is 62.6 cm³/mol. The third-order valence-electron chi connectivity index (χ3n) is 3.45. The quantitative estimate of drug-likeness (QED) is 0.720. The van der Waals surface area contributed by atoms with E-state index < -0.39 is 0 Å². The smallest absolute Gasteiger partial charge is 0.150 e. The summed E-state index contributed by atoms with van der Waals surface area (Å²) in [4.78, 5) is 15.2. The van der Waals surface area contributed by atoms with Gasteiger partial charge >= 0.3 is 0 Å². The van der Waals surface area contributed by atoms with E-state index in [1.807, 2.05) is 24.5 Å². The average Bonchev–Trinajstić information content (AvgIpc) is 2.96. The van der Waals surface area contributed by atoms with E-state index in [4.69, 9.17) is 0 Å². The molecule has 1 aliphatic carbocycles. The molecule has 1 aliphatic rings. The standard InChI is InChI=1S/C13H14N2O/c16-8-10-5-6-12-13(7-10)15(9-14-12)11-3-1-2-4-11/h5-9,11H,1-4H2. The van der Waals surface area contributed by atoms with Gasteiger partial charge in [0.05, 0.1) is 17.4 Å². The van der Waals surface area contributed by atoms with Gasteiger partial charge in [-0.1, -0.05) is 12.8 Å². The van der Waals surface area contributed by atoms with Crippen LogP contribution in [0.5, 0.6) is 0 Å². The maximum Gasteiger partial charge on any atom is 0.150 e. The van der Waals surface area contributed by atoms with Gasteiger partial charge in [-0.25, -0.2) is 4.98 Å². The van der Waals surface area contributed by atoms with E-state index in [1.54, 1.807) is 0 Å². The molecule has 1 aromatic heterocycles. The van der Waals surface area contributed by atoms with Crippen molar-refractivity contribution in [1.82, 2.24) is 9.55 Å². The van der Waals surface area contributed by atoms with Gasteiger partial charge < -0.3 is 4.57 Å². The van der Waals surface area contributed by atoms with Crippen molar-refractivity contribution in [1.29, 1.82) is 0 Å². The summed E-state index contributed by atoms with van der Waals surface area (Å²) in [5.41, 5.74) is 2.81. The average molecular weight is 214 g/mol. The molecular formula is C13H14N2O. The summed E-state index contributed by atoms with van der Waals surface area (Å²) in [5, 5.41) is 0. The highest BCUT2D eigenvalue weighted by atomic mass is 16.1. The van der Waals surface area contributed by atoms with Gasteiger partial charge in [0.1, 0.15) is 6.29 Å². The van der Waals surface area contributed by atoms with Crippen molar-refractivity contribution >= 4 is 17.3 Å². The summed E-state index contributed by atoms with van der Waals surface area (Å²) in [6, 6.07) is 6.26. The summed E-state index contributed by atoms with van der Waals surface area (Å²) < 4.78 is 2.23. The van der Waals surface area contributed by atoms with Gasteiger partial charge in [-0.05, 0) is 31.0 Å². The molecule has 2 aromatic rings. The highest BCUT2D eigenvalue weighted by Crippen LogP contribution is 2.31. The predicted octanol–water partition coefficient (Wildman–Crippen LogP) is 2.96. The van der Waals surface area contributed by atoms with Crippen LogP contribution >= 0.6 is 0 Å². The van der Waals surface area contributed by atoms with Crippen LogP contribution in [-0.2, 0) is 0 Å². The Bertz CT molecular complexity index is 524. The molecule has 0 bridgehead atoms. The fourth-order valence-electron chi connectivity index (χ4n) is 2.59. The van der Waals surface area contributed by atoms with Gasteiger partial charge in [-0.15, -0.1) is 0 Å². The third-order valence-corrected chi connectivity index (χ3v) is 3.45. The number of aldehydes is 1. The minimum atomic E-state index is 0.576. The van der Waals surface area contributed by atoms with Crippen molar-refractivity contribution in [2.45, 2.75) is 31.7 Å². The second-order valence-electron chi connectivity index (χ2n) is 4.46. The summed E-state index contributed by atoms with van der Waals surface area (Å²) in [5.74, 6) is 0. The normalized spacial score (nSPS) is 17.0. The minimum absolute atomic E-state index is 0.576. The van der Waals surface area contributed by atoms with Crippen molar-refractivity contribution in [2.24, 2.45) is 0 Å². The van der Waals surface area contributed by atoms with E-state index in [-0.39, 0.29) is 0 Å². The monoisotopic (exact) mass is 214 g/mol. The lowest BCUT2D eigenvalue weighted by Crippen LogP contribution is -2.02. The number of rotatable bonds is 2. The van der Waals surface area contributed by atoms with Crippen molar-refractivity contribution in [2.75, 3.05) is 0 Å². The Labute approximate surface area is 94.1 Å². The molecule has 0 aliphatic heterocycles. The zero-order valence-electron chi connectivity index (χ0n) is 9.10. The fourth-order valence-corrected chi connectivity index (χ4v) is 2.59. The molecule has 1 fully saturated rings. The van der Waals surface area contributed by atoms with Crippen molar-refractivity contribution in [3.63, 3.8) is 0 Å². The van der Waals surface area contributed by atoms with Crippen molar-refractivity contribution in [3.8, 4) is 0 Å². The lowest BCUT2D eigenvalue weighted by Gasteiger charge is -2.12. The molecule has 0 N–H and O–H groups in total. The number of nitrogens with zero attached hydrogens (tertiary/aromatic N) is 2. The molecule has 0 radical (unpaired) electrons. The molecule has 0 amide bonds. The Hall–Kier alpha value is -1.64. The second kappa shape index (κ2) is 3.74. The number of hydrogen-bond donors (Lipinski definition) is 0. The van der Waals surface area contributed by atoms with E-state index in [0.717, 1.165) is 22.9 Å². The molecule has 1 aromatic carbocycles. The number of imidazole rings is 1. The summed E-state index contributed by atoms with van der Waals surface area (Å²) >= 11 is 0. The minimum Gasteiger partial charge on any atom is -0.327 e. The Balaban J connectivity index is 2.13. The van der Waals surface area contributed by atoms with Crippen LogP contribution in [0.4, 0.5) is 0 Å². The van der Waals surface area contributed by atoms with E-state index >= 15 is 0 Å². The highest BCUT2D eigenvalue weighted by molar-refractivity contribution is 5.85. The summed E-state index contributed by atoms with van der Waals surface area (Å²) in [6.07, 6.45) is 7.88. The van der Waals surface area contributed by atoms with Crippen LogP contribution in [0.25, 0.3) is 11.0 Å². The number of fused-ring (bicyclic) bond motifs is 1. The van der Waals surface area contributed by atoms with Gasteiger partial charge in [0.2, 0.25) is 0 Å². The molecule has 82 valence electrons. The van der Waals surface area contributed by atoms with Crippen LogP contribution in [0, 0.1) is 0 Å². The SMILES string of the molecule is O=Cc1ccc2ncn(C3CCCC3)c2c1. The van der Waals surface area contributed by atoms with E-state index in [0.29, 0.717) is 6.04 Å². The van der Waals surface area contributed by atoms with Crippen LogP contribution in [0.15, 0.2) is 24.5 Å². The van der Waals surface area contributed by atoms with Gasteiger partial charge in [-0.2, -0.15) is 0 Å². The molecule has 3 heteroatoms. The molecule has 0 atom stereocenters. The molecule has 1 heterocycles. The topological polar surface area (TPSA) is 34.9 Å². The van der Waals surface area contributed by atoms with Crippen LogP contribution in [0.1, 0.15) is 42.1 Å². The summed E-state index contributed by atoms with van der Waals surface area (Å²) in [7, 11) is 0. The van der Waals surface area contributed by atoms with Crippen LogP contribution < -0.4 is 0 Å². The molecule has 1 saturated carbocycles. The van der Waals surface area contributed by atoms with E-state index in [2.05, 4.69) is 9.55 Å². The largest absolute Gasteiger partial charge is 0.327 e. The Morgan fingerprint density at radius 2 is 2.12 bits per heavy atom. The second-order valence-corrected chi connectivity index (χ2v) is 4.46. The highest BCUT2D eigenvalue weighted by Gasteiger charge is 2.18. The number of carbonyl (C=O) groups excluding carboxylic acids is 1. The lowest BCUT2D eigenvalue weighted by molar-refractivity contribution is 0.112. The van der Waals surface area contributed by atoms with Crippen LogP contribution in [-0.4, -0.2) is 15.8 Å². The van der Waals surface area contributed by atoms with E-state index in [1.165, 1.54) is 25.7 Å². The molecular weight excluding hydrogens is 200 g/mol. The Kier molecular flexibility index (Phi) is 2.24. The molecule has 0 saturated heterocycles. The maximum absolute atomic E-state index is 10.8. The molecule has 16 heavy (non-hydrogen) atoms. The fraction of sp³-hybridized carbons (Fsp3) is 0.385. The van der Waals surface area contributed by atoms with Gasteiger partial charge in [0.25, 0.3) is 0 Å². The first-order chi connectivity index (χ1) is 7.88. The molecule has 0 unspecified atom stereocenters. The molecule has 3 rings (SSSR count). The number of benzene rings is 1. The van der Waals surface area contributed by atoms with Crippen molar-refractivity contribution < 1.29 is 4.79 Å². The van der Waals surface area contributed by atoms with Gasteiger partial charge in [0, 0.05) is 11.6 Å². The maximum atomic E-state index is 10.8. The first kappa shape index (κ1) is 9.58. The first-order valence-electron chi connectivity index (χ1n) is 5.80. The first-order valence-corrected chi connectivity index (χ1v) is 5.80. The lowest BCUT2D eigenvalue weighted by atomic mass is 10.2. The van der Waals surface area contributed by atoms with Gasteiger partial charge in [0.15, 0.2) is 0 Å². The summed E-state index contributed by atoms with van der Waals surface area (Å²) in [6.45, 7) is 0. The van der Waals surface area contributed by atoms with Crippen molar-refractivity contribution in [3.05, 3.63) is 30.1 Å².